The molecule has 2 N–H and O–H groups in total. The molecule has 3 rings (SSSR count). The standard InChI is InChI=1S/C15H14FN5O2/c1-23-15(22)11-4-5-13(21-20-11)17-7-6-14-18-10-3-2-9(16)8-12(10)19-14/h2-5,8H,6-7H2,1H3,(H,17,21)(H,18,19). The third-order valence-corrected chi connectivity index (χ3v) is 3.22. The maximum absolute atomic E-state index is 13.1. The molecule has 2 heterocycles. The van der Waals surface area contributed by atoms with Gasteiger partial charge in [-0.15, -0.1) is 10.2 Å². The summed E-state index contributed by atoms with van der Waals surface area (Å²) in [5.74, 6) is 0.461. The number of methoxy groups -OCH3 is 1. The average molecular weight is 315 g/mol. The molecule has 0 spiro atoms. The molecule has 0 saturated heterocycles. The van der Waals surface area contributed by atoms with Crippen molar-refractivity contribution in [2.75, 3.05) is 19.0 Å². The van der Waals surface area contributed by atoms with Crippen LogP contribution in [0.25, 0.3) is 11.0 Å². The van der Waals surface area contributed by atoms with Crippen LogP contribution in [0, 0.1) is 5.82 Å². The minimum atomic E-state index is -0.529. The summed E-state index contributed by atoms with van der Waals surface area (Å²) in [6, 6.07) is 7.60. The van der Waals surface area contributed by atoms with Crippen molar-refractivity contribution in [3.63, 3.8) is 0 Å². The molecular weight excluding hydrogens is 301 g/mol. The van der Waals surface area contributed by atoms with Crippen LogP contribution in [-0.4, -0.2) is 39.8 Å². The van der Waals surface area contributed by atoms with Crippen LogP contribution < -0.4 is 5.32 Å². The van der Waals surface area contributed by atoms with Gasteiger partial charge in [-0.05, 0) is 30.3 Å². The lowest BCUT2D eigenvalue weighted by molar-refractivity contribution is 0.0593. The van der Waals surface area contributed by atoms with E-state index in [9.17, 15) is 9.18 Å². The van der Waals surface area contributed by atoms with Crippen LogP contribution in [0.5, 0.6) is 0 Å². The number of hydrogen-bond acceptors (Lipinski definition) is 6. The highest BCUT2D eigenvalue weighted by molar-refractivity contribution is 5.86. The van der Waals surface area contributed by atoms with Crippen LogP contribution in [0.15, 0.2) is 30.3 Å². The van der Waals surface area contributed by atoms with E-state index >= 15 is 0 Å². The lowest BCUT2D eigenvalue weighted by Gasteiger charge is -2.03. The van der Waals surface area contributed by atoms with Gasteiger partial charge in [-0.1, -0.05) is 0 Å². The molecule has 0 atom stereocenters. The molecule has 3 aromatic rings. The molecule has 1 aromatic carbocycles. The van der Waals surface area contributed by atoms with Gasteiger partial charge in [0, 0.05) is 13.0 Å². The molecule has 0 bridgehead atoms. The first-order chi connectivity index (χ1) is 11.2. The molecule has 7 nitrogen and oxygen atoms in total. The Bertz CT molecular complexity index is 832. The summed E-state index contributed by atoms with van der Waals surface area (Å²) in [5, 5.41) is 10.7. The van der Waals surface area contributed by atoms with Crippen LogP contribution >= 0.6 is 0 Å². The normalized spacial score (nSPS) is 10.7. The number of ether oxygens (including phenoxy) is 1. The van der Waals surface area contributed by atoms with E-state index in [2.05, 4.69) is 30.2 Å². The Morgan fingerprint density at radius 1 is 1.30 bits per heavy atom. The number of nitrogens with zero attached hydrogens (tertiary/aromatic N) is 3. The zero-order valence-corrected chi connectivity index (χ0v) is 12.3. The fourth-order valence-electron chi connectivity index (χ4n) is 2.10. The maximum Gasteiger partial charge on any atom is 0.358 e. The van der Waals surface area contributed by atoms with E-state index in [1.165, 1.54) is 25.3 Å². The number of aromatic nitrogens is 4. The SMILES string of the molecule is COC(=O)c1ccc(NCCc2nc3ccc(F)cc3[nH]2)nn1. The highest BCUT2D eigenvalue weighted by Gasteiger charge is 2.08. The number of aromatic amines is 1. The molecule has 2 aromatic heterocycles. The fourth-order valence-corrected chi connectivity index (χ4v) is 2.10. The lowest BCUT2D eigenvalue weighted by atomic mass is 10.3. The predicted octanol–water partition coefficient (Wildman–Crippen LogP) is 1.93. The maximum atomic E-state index is 13.1. The van der Waals surface area contributed by atoms with Crippen molar-refractivity contribution >= 4 is 22.8 Å². The first-order valence-electron chi connectivity index (χ1n) is 6.96. The van der Waals surface area contributed by atoms with Gasteiger partial charge < -0.3 is 15.0 Å². The molecule has 0 aliphatic rings. The first kappa shape index (κ1) is 14.9. The van der Waals surface area contributed by atoms with Gasteiger partial charge in [0.2, 0.25) is 0 Å². The summed E-state index contributed by atoms with van der Waals surface area (Å²) in [4.78, 5) is 18.7. The average Bonchev–Trinajstić information content (AvgIpc) is 2.96. The zero-order chi connectivity index (χ0) is 16.2. The number of anilines is 1. The number of fused-ring (bicyclic) bond motifs is 1. The molecule has 23 heavy (non-hydrogen) atoms. The van der Waals surface area contributed by atoms with Gasteiger partial charge in [0.05, 0.1) is 18.1 Å². The highest BCUT2D eigenvalue weighted by atomic mass is 19.1. The lowest BCUT2D eigenvalue weighted by Crippen LogP contribution is -2.10. The molecule has 0 aliphatic heterocycles. The molecule has 0 radical (unpaired) electrons. The van der Waals surface area contributed by atoms with Gasteiger partial charge in [0.25, 0.3) is 0 Å². The van der Waals surface area contributed by atoms with E-state index in [1.54, 1.807) is 12.1 Å². The second kappa shape index (κ2) is 6.39. The zero-order valence-electron chi connectivity index (χ0n) is 12.3. The van der Waals surface area contributed by atoms with Gasteiger partial charge in [-0.25, -0.2) is 14.2 Å². The summed E-state index contributed by atoms with van der Waals surface area (Å²) >= 11 is 0. The van der Waals surface area contributed by atoms with Crippen LogP contribution in [0.4, 0.5) is 10.2 Å². The largest absolute Gasteiger partial charge is 0.464 e. The van der Waals surface area contributed by atoms with Crippen molar-refractivity contribution < 1.29 is 13.9 Å². The highest BCUT2D eigenvalue weighted by Crippen LogP contribution is 2.13. The quantitative estimate of drug-likeness (QED) is 0.699. The number of carbonyl (C=O) groups is 1. The Hall–Kier alpha value is -3.03. The summed E-state index contributed by atoms with van der Waals surface area (Å²) in [5.41, 5.74) is 1.54. The monoisotopic (exact) mass is 315 g/mol. The third-order valence-electron chi connectivity index (χ3n) is 3.22. The topological polar surface area (TPSA) is 92.8 Å². The Labute approximate surface area is 130 Å². The minimum Gasteiger partial charge on any atom is -0.464 e. The molecular formula is C15H14FN5O2. The fraction of sp³-hybridized carbons (Fsp3) is 0.200. The van der Waals surface area contributed by atoms with E-state index in [0.717, 1.165) is 11.3 Å². The smallest absolute Gasteiger partial charge is 0.358 e. The van der Waals surface area contributed by atoms with Crippen molar-refractivity contribution in [2.45, 2.75) is 6.42 Å². The first-order valence-corrected chi connectivity index (χ1v) is 6.96. The molecule has 0 amide bonds. The van der Waals surface area contributed by atoms with Crippen molar-refractivity contribution in [1.82, 2.24) is 20.2 Å². The molecule has 0 unspecified atom stereocenters. The molecule has 0 fully saturated rings. The summed E-state index contributed by atoms with van der Waals surface area (Å²) < 4.78 is 17.7. The van der Waals surface area contributed by atoms with Crippen molar-refractivity contribution in [2.24, 2.45) is 0 Å². The van der Waals surface area contributed by atoms with Gasteiger partial charge in [-0.3, -0.25) is 0 Å². The van der Waals surface area contributed by atoms with Crippen molar-refractivity contribution in [1.29, 1.82) is 0 Å². The van der Waals surface area contributed by atoms with E-state index in [1.807, 2.05) is 0 Å². The molecule has 0 aliphatic carbocycles. The second-order valence-electron chi connectivity index (χ2n) is 4.82. The van der Waals surface area contributed by atoms with E-state index in [4.69, 9.17) is 0 Å². The number of imidazole rings is 1. The van der Waals surface area contributed by atoms with E-state index < -0.39 is 5.97 Å². The summed E-state index contributed by atoms with van der Waals surface area (Å²) in [6.45, 7) is 0.564. The summed E-state index contributed by atoms with van der Waals surface area (Å²) in [7, 11) is 1.29. The Kier molecular flexibility index (Phi) is 4.13. The number of benzene rings is 1. The minimum absolute atomic E-state index is 0.150. The van der Waals surface area contributed by atoms with Gasteiger partial charge in [0.1, 0.15) is 17.5 Å². The number of carbonyl (C=O) groups excluding carboxylic acids is 1. The van der Waals surface area contributed by atoms with Crippen molar-refractivity contribution in [3.05, 3.63) is 47.7 Å². The Morgan fingerprint density at radius 3 is 2.91 bits per heavy atom. The summed E-state index contributed by atoms with van der Waals surface area (Å²) in [6.07, 6.45) is 0.608. The Morgan fingerprint density at radius 2 is 2.17 bits per heavy atom. The predicted molar refractivity (Wildman–Crippen MR) is 81.6 cm³/mol. The number of rotatable bonds is 5. The number of nitrogens with one attached hydrogen (secondary N) is 2. The van der Waals surface area contributed by atoms with Crippen LogP contribution in [0.3, 0.4) is 0 Å². The number of hydrogen-bond donors (Lipinski definition) is 2. The van der Waals surface area contributed by atoms with Crippen LogP contribution in [-0.2, 0) is 11.2 Å². The number of halogens is 1. The third kappa shape index (κ3) is 3.42. The molecule has 118 valence electrons. The van der Waals surface area contributed by atoms with Crippen LogP contribution in [0.1, 0.15) is 16.3 Å². The van der Waals surface area contributed by atoms with Gasteiger partial charge in [-0.2, -0.15) is 0 Å². The number of esters is 1. The van der Waals surface area contributed by atoms with E-state index in [-0.39, 0.29) is 11.5 Å². The van der Waals surface area contributed by atoms with Crippen molar-refractivity contribution in [3.8, 4) is 0 Å². The van der Waals surface area contributed by atoms with Crippen LogP contribution in [0.2, 0.25) is 0 Å². The van der Waals surface area contributed by atoms with Gasteiger partial charge >= 0.3 is 5.97 Å². The van der Waals surface area contributed by atoms with E-state index in [0.29, 0.717) is 24.3 Å². The second-order valence-corrected chi connectivity index (χ2v) is 4.82. The van der Waals surface area contributed by atoms with Gasteiger partial charge in [0.15, 0.2) is 5.69 Å². The molecule has 0 saturated carbocycles. The number of H-pyrrole nitrogens is 1. The molecule has 8 heteroatoms. The Balaban J connectivity index is 1.58.